The van der Waals surface area contributed by atoms with Crippen molar-refractivity contribution in [1.29, 1.82) is 0 Å². The van der Waals surface area contributed by atoms with Crippen LogP contribution in [0.5, 0.6) is 0 Å². The van der Waals surface area contributed by atoms with Gasteiger partial charge in [0.15, 0.2) is 0 Å². The van der Waals surface area contributed by atoms with Crippen LogP contribution < -0.4 is 0 Å². The molecular formula is C20H24O5S. The van der Waals surface area contributed by atoms with Crippen LogP contribution in [0, 0.1) is 5.41 Å². The van der Waals surface area contributed by atoms with Gasteiger partial charge in [0.1, 0.15) is 6.10 Å². The van der Waals surface area contributed by atoms with Gasteiger partial charge in [0.2, 0.25) is 0 Å². The molecule has 140 valence electrons. The van der Waals surface area contributed by atoms with Gasteiger partial charge in [-0.3, -0.25) is 4.18 Å². The first-order valence-corrected chi connectivity index (χ1v) is 9.80. The van der Waals surface area contributed by atoms with Gasteiger partial charge in [0.25, 0.3) is 10.1 Å². The lowest BCUT2D eigenvalue weighted by atomic mass is 9.82. The molecule has 0 spiro atoms. The topological polar surface area (TPSA) is 69.7 Å². The highest BCUT2D eigenvalue weighted by molar-refractivity contribution is 7.86. The summed E-state index contributed by atoms with van der Waals surface area (Å²) in [5.41, 5.74) is -0.285. The molecule has 0 radical (unpaired) electrons. The quantitative estimate of drug-likeness (QED) is 0.538. The molecule has 2 atom stereocenters. The number of benzene rings is 2. The molecule has 0 heterocycles. The van der Waals surface area contributed by atoms with E-state index in [1.807, 2.05) is 6.07 Å². The molecule has 5 nitrogen and oxygen atoms in total. The third-order valence-corrected chi connectivity index (χ3v) is 6.08. The minimum absolute atomic E-state index is 0.0941. The summed E-state index contributed by atoms with van der Waals surface area (Å²) in [6, 6.07) is 16.6. The molecule has 26 heavy (non-hydrogen) atoms. The van der Waals surface area contributed by atoms with Gasteiger partial charge in [-0.25, -0.2) is 4.79 Å². The van der Waals surface area contributed by atoms with Crippen molar-refractivity contribution >= 4 is 16.1 Å². The Hall–Kier alpha value is -2.18. The highest BCUT2D eigenvalue weighted by atomic mass is 32.2. The maximum absolute atomic E-state index is 12.4. The third kappa shape index (κ3) is 4.71. The van der Waals surface area contributed by atoms with Gasteiger partial charge in [-0.15, -0.1) is 0 Å². The van der Waals surface area contributed by atoms with E-state index in [4.69, 9.17) is 8.92 Å². The van der Waals surface area contributed by atoms with Crippen LogP contribution in [0.4, 0.5) is 0 Å². The molecule has 2 aromatic carbocycles. The average Bonchev–Trinajstić information content (AvgIpc) is 2.62. The lowest BCUT2D eigenvalue weighted by Crippen LogP contribution is -2.42. The van der Waals surface area contributed by atoms with Crippen molar-refractivity contribution in [2.75, 3.05) is 0 Å². The molecule has 0 aromatic heterocycles. The predicted molar refractivity (Wildman–Crippen MR) is 99.3 cm³/mol. The van der Waals surface area contributed by atoms with Crippen LogP contribution in [0.1, 0.15) is 38.1 Å². The second-order valence-corrected chi connectivity index (χ2v) is 8.31. The first-order chi connectivity index (χ1) is 12.1. The maximum Gasteiger partial charge on any atom is 0.338 e. The molecule has 2 aromatic rings. The van der Waals surface area contributed by atoms with Crippen molar-refractivity contribution in [3.63, 3.8) is 0 Å². The SMILES string of the molecule is CC(OC(=O)c1ccccc1)C(C)(C)C(C)OS(=O)(=O)c1ccccc1. The van der Waals surface area contributed by atoms with E-state index >= 15 is 0 Å². The Bertz CT molecular complexity index is 829. The minimum Gasteiger partial charge on any atom is -0.458 e. The first-order valence-electron chi connectivity index (χ1n) is 8.39. The van der Waals surface area contributed by atoms with Gasteiger partial charge in [-0.2, -0.15) is 8.42 Å². The number of hydrogen-bond acceptors (Lipinski definition) is 5. The van der Waals surface area contributed by atoms with Crippen molar-refractivity contribution in [3.8, 4) is 0 Å². The fourth-order valence-corrected chi connectivity index (χ4v) is 3.47. The predicted octanol–water partition coefficient (Wildman–Crippen LogP) is 4.05. The summed E-state index contributed by atoms with van der Waals surface area (Å²) in [5.74, 6) is -0.454. The van der Waals surface area contributed by atoms with E-state index in [1.54, 1.807) is 70.2 Å². The Kier molecular flexibility index (Phi) is 6.21. The summed E-state index contributed by atoms with van der Waals surface area (Å²) < 4.78 is 35.8. The Morgan fingerprint density at radius 1 is 0.885 bits per heavy atom. The number of rotatable bonds is 7. The molecule has 0 fully saturated rings. The third-order valence-electron chi connectivity index (χ3n) is 4.69. The molecule has 0 aliphatic rings. The number of carbonyl (C=O) groups excluding carboxylic acids is 1. The van der Waals surface area contributed by atoms with E-state index in [9.17, 15) is 13.2 Å². The molecule has 0 amide bonds. The van der Waals surface area contributed by atoms with Crippen LogP contribution >= 0.6 is 0 Å². The molecule has 6 heteroatoms. The summed E-state index contributed by atoms with van der Waals surface area (Å²) in [7, 11) is -3.90. The zero-order valence-corrected chi connectivity index (χ0v) is 16.2. The number of esters is 1. The summed E-state index contributed by atoms with van der Waals surface area (Å²) in [4.78, 5) is 12.3. The van der Waals surface area contributed by atoms with E-state index in [2.05, 4.69) is 0 Å². The van der Waals surface area contributed by atoms with Gasteiger partial charge in [0, 0.05) is 5.41 Å². The molecule has 0 aliphatic carbocycles. The van der Waals surface area contributed by atoms with Crippen molar-refractivity contribution in [2.45, 2.75) is 44.8 Å². The average molecular weight is 376 g/mol. The number of hydrogen-bond donors (Lipinski definition) is 0. The van der Waals surface area contributed by atoms with Crippen molar-refractivity contribution < 1.29 is 22.1 Å². The molecule has 0 bridgehead atoms. The van der Waals surface area contributed by atoms with Crippen LogP contribution in [0.3, 0.4) is 0 Å². The summed E-state index contributed by atoms with van der Waals surface area (Å²) >= 11 is 0. The zero-order chi connectivity index (χ0) is 19.4. The molecule has 0 N–H and O–H groups in total. The van der Waals surface area contributed by atoms with Crippen LogP contribution in [0.15, 0.2) is 65.6 Å². The molecule has 2 unspecified atom stereocenters. The first kappa shape index (κ1) is 20.1. The second-order valence-electron chi connectivity index (χ2n) is 6.74. The largest absolute Gasteiger partial charge is 0.458 e. The van der Waals surface area contributed by atoms with Crippen molar-refractivity contribution in [2.24, 2.45) is 5.41 Å². The normalized spacial score (nSPS) is 14.5. The van der Waals surface area contributed by atoms with Crippen LogP contribution in [-0.4, -0.2) is 26.6 Å². The van der Waals surface area contributed by atoms with E-state index in [-0.39, 0.29) is 4.90 Å². The van der Waals surface area contributed by atoms with E-state index in [0.717, 1.165) is 0 Å². The fraction of sp³-hybridized carbons (Fsp3) is 0.350. The standard InChI is InChI=1S/C20H24O5S/c1-15(24-19(21)17-11-7-5-8-12-17)20(3,4)16(2)25-26(22,23)18-13-9-6-10-14-18/h5-16H,1-4H3. The molecular weight excluding hydrogens is 352 g/mol. The number of carbonyl (C=O) groups is 1. The van der Waals surface area contributed by atoms with E-state index in [1.165, 1.54) is 12.1 Å². The summed E-state index contributed by atoms with van der Waals surface area (Å²) in [6.07, 6.45) is -1.26. The smallest absolute Gasteiger partial charge is 0.338 e. The lowest BCUT2D eigenvalue weighted by Gasteiger charge is -2.36. The molecule has 0 saturated heterocycles. The Balaban J connectivity index is 2.09. The van der Waals surface area contributed by atoms with Crippen molar-refractivity contribution in [3.05, 3.63) is 66.2 Å². The lowest BCUT2D eigenvalue weighted by molar-refractivity contribution is -0.0377. The Morgan fingerprint density at radius 2 is 1.38 bits per heavy atom. The Labute approximate surface area is 155 Å². The van der Waals surface area contributed by atoms with Gasteiger partial charge >= 0.3 is 5.97 Å². The summed E-state index contributed by atoms with van der Waals surface area (Å²) in [5, 5.41) is 0. The Morgan fingerprint density at radius 3 is 1.92 bits per heavy atom. The van der Waals surface area contributed by atoms with Crippen molar-refractivity contribution in [1.82, 2.24) is 0 Å². The van der Waals surface area contributed by atoms with Gasteiger partial charge in [-0.1, -0.05) is 50.2 Å². The van der Waals surface area contributed by atoms with Gasteiger partial charge < -0.3 is 4.74 Å². The van der Waals surface area contributed by atoms with E-state index in [0.29, 0.717) is 5.56 Å². The van der Waals surface area contributed by atoms with Crippen LogP contribution in [0.2, 0.25) is 0 Å². The number of ether oxygens (including phenoxy) is 1. The van der Waals surface area contributed by atoms with Gasteiger partial charge in [-0.05, 0) is 38.1 Å². The second kappa shape index (κ2) is 8.01. The molecule has 0 saturated carbocycles. The molecule has 0 aliphatic heterocycles. The monoisotopic (exact) mass is 376 g/mol. The van der Waals surface area contributed by atoms with E-state index < -0.39 is 33.7 Å². The van der Waals surface area contributed by atoms with Crippen LogP contribution in [-0.2, 0) is 19.0 Å². The zero-order valence-electron chi connectivity index (χ0n) is 15.4. The highest BCUT2D eigenvalue weighted by Crippen LogP contribution is 2.32. The fourth-order valence-electron chi connectivity index (χ4n) is 2.24. The molecule has 2 rings (SSSR count). The highest BCUT2D eigenvalue weighted by Gasteiger charge is 2.38. The van der Waals surface area contributed by atoms with Gasteiger partial charge in [0.05, 0.1) is 16.6 Å². The summed E-state index contributed by atoms with van der Waals surface area (Å²) in [6.45, 7) is 7.01. The van der Waals surface area contributed by atoms with Crippen LogP contribution in [0.25, 0.3) is 0 Å². The maximum atomic E-state index is 12.4. The minimum atomic E-state index is -3.90.